The van der Waals surface area contributed by atoms with Gasteiger partial charge in [0.25, 0.3) is 5.91 Å². The molecule has 0 aliphatic heterocycles. The number of benzene rings is 2. The fourth-order valence-electron chi connectivity index (χ4n) is 2.31. The SMILES string of the molecule is COc1cccc(C[NH+](C)[C@@H](C)C(=O)Nc2ccc(F)cc2Cl)c1. The molecule has 2 aromatic carbocycles. The molecule has 0 saturated heterocycles. The Labute approximate surface area is 146 Å². The van der Waals surface area contributed by atoms with E-state index in [0.29, 0.717) is 12.2 Å². The Kier molecular flexibility index (Phi) is 6.17. The van der Waals surface area contributed by atoms with Crippen LogP contribution in [0.4, 0.5) is 10.1 Å². The second-order valence-corrected chi connectivity index (χ2v) is 6.12. The van der Waals surface area contributed by atoms with E-state index >= 15 is 0 Å². The highest BCUT2D eigenvalue weighted by Gasteiger charge is 2.22. The first-order valence-corrected chi connectivity index (χ1v) is 7.99. The largest absolute Gasteiger partial charge is 0.497 e. The summed E-state index contributed by atoms with van der Waals surface area (Å²) in [5.41, 5.74) is 1.48. The van der Waals surface area contributed by atoms with Gasteiger partial charge >= 0.3 is 0 Å². The number of likely N-dealkylation sites (N-methyl/N-ethyl adjacent to an activating group) is 1. The summed E-state index contributed by atoms with van der Waals surface area (Å²) in [7, 11) is 3.56. The van der Waals surface area contributed by atoms with Crippen molar-refractivity contribution in [1.82, 2.24) is 0 Å². The van der Waals surface area contributed by atoms with Gasteiger partial charge in [-0.05, 0) is 37.3 Å². The molecular formula is C18H21ClFN2O2+. The molecule has 0 bridgehead atoms. The van der Waals surface area contributed by atoms with Crippen LogP contribution < -0.4 is 15.0 Å². The van der Waals surface area contributed by atoms with Crippen molar-refractivity contribution >= 4 is 23.2 Å². The molecule has 2 N–H and O–H groups in total. The maximum Gasteiger partial charge on any atom is 0.282 e. The summed E-state index contributed by atoms with van der Waals surface area (Å²) >= 11 is 5.95. The van der Waals surface area contributed by atoms with E-state index in [2.05, 4.69) is 5.32 Å². The molecule has 128 valence electrons. The van der Waals surface area contributed by atoms with Crippen molar-refractivity contribution in [3.8, 4) is 5.75 Å². The number of methoxy groups -OCH3 is 1. The van der Waals surface area contributed by atoms with E-state index in [1.165, 1.54) is 18.2 Å². The molecule has 24 heavy (non-hydrogen) atoms. The highest BCUT2D eigenvalue weighted by atomic mass is 35.5. The van der Waals surface area contributed by atoms with Crippen molar-refractivity contribution < 1.29 is 18.8 Å². The predicted octanol–water partition coefficient (Wildman–Crippen LogP) is 2.53. The van der Waals surface area contributed by atoms with E-state index in [9.17, 15) is 9.18 Å². The summed E-state index contributed by atoms with van der Waals surface area (Å²) in [5.74, 6) is 0.172. The number of hydrogen-bond acceptors (Lipinski definition) is 2. The molecule has 0 spiro atoms. The first-order valence-electron chi connectivity index (χ1n) is 7.62. The van der Waals surface area contributed by atoms with Crippen molar-refractivity contribution in [1.29, 1.82) is 0 Å². The highest BCUT2D eigenvalue weighted by molar-refractivity contribution is 6.33. The van der Waals surface area contributed by atoms with Gasteiger partial charge in [0.1, 0.15) is 18.1 Å². The number of anilines is 1. The molecule has 0 aromatic heterocycles. The molecule has 2 aromatic rings. The van der Waals surface area contributed by atoms with Gasteiger partial charge in [-0.3, -0.25) is 4.79 Å². The minimum Gasteiger partial charge on any atom is -0.497 e. The van der Waals surface area contributed by atoms with Crippen LogP contribution in [0.15, 0.2) is 42.5 Å². The summed E-state index contributed by atoms with van der Waals surface area (Å²) in [6.45, 7) is 2.51. The number of carbonyl (C=O) groups excluding carboxylic acids is 1. The molecule has 0 saturated carbocycles. The van der Waals surface area contributed by atoms with Crippen LogP contribution >= 0.6 is 11.6 Å². The molecule has 0 radical (unpaired) electrons. The van der Waals surface area contributed by atoms with Gasteiger partial charge in [0, 0.05) is 5.56 Å². The second-order valence-electron chi connectivity index (χ2n) is 5.71. The van der Waals surface area contributed by atoms with E-state index < -0.39 is 5.82 Å². The normalized spacial score (nSPS) is 13.2. The zero-order valence-electron chi connectivity index (χ0n) is 13.9. The number of ether oxygens (including phenoxy) is 1. The lowest BCUT2D eigenvalue weighted by molar-refractivity contribution is -0.907. The van der Waals surface area contributed by atoms with Gasteiger partial charge in [-0.1, -0.05) is 23.7 Å². The third kappa shape index (κ3) is 4.69. The Morgan fingerprint density at radius 1 is 1.33 bits per heavy atom. The van der Waals surface area contributed by atoms with Crippen LogP contribution in [0.1, 0.15) is 12.5 Å². The van der Waals surface area contributed by atoms with Crippen molar-refractivity contribution in [2.75, 3.05) is 19.5 Å². The average molecular weight is 352 g/mol. The van der Waals surface area contributed by atoms with Gasteiger partial charge in [0.15, 0.2) is 6.04 Å². The molecule has 1 amide bonds. The summed E-state index contributed by atoms with van der Waals surface area (Å²) in [5, 5.41) is 2.92. The Hall–Kier alpha value is -2.11. The van der Waals surface area contributed by atoms with E-state index in [4.69, 9.17) is 16.3 Å². The minimum atomic E-state index is -0.438. The van der Waals surface area contributed by atoms with Crippen LogP contribution in [0.3, 0.4) is 0 Å². The van der Waals surface area contributed by atoms with E-state index in [0.717, 1.165) is 16.2 Å². The molecule has 0 fully saturated rings. The number of nitrogens with one attached hydrogen (secondary N) is 2. The second kappa shape index (κ2) is 8.13. The summed E-state index contributed by atoms with van der Waals surface area (Å²) < 4.78 is 18.3. The Balaban J connectivity index is 2.01. The number of quaternary nitrogens is 1. The lowest BCUT2D eigenvalue weighted by atomic mass is 10.1. The first kappa shape index (κ1) is 18.2. The van der Waals surface area contributed by atoms with E-state index in [1.807, 2.05) is 38.2 Å². The standard InChI is InChI=1S/C18H20ClFN2O2/c1-12(18(23)21-17-8-7-14(20)10-16(17)19)22(2)11-13-5-4-6-15(9-13)24-3/h4-10,12H,11H2,1-3H3,(H,21,23)/p+1/t12-/m0/s1. The average Bonchev–Trinajstić information content (AvgIpc) is 2.56. The molecule has 0 aliphatic rings. The van der Waals surface area contributed by atoms with Crippen molar-refractivity contribution in [3.63, 3.8) is 0 Å². The number of rotatable bonds is 6. The van der Waals surface area contributed by atoms with Crippen LogP contribution in [0.25, 0.3) is 0 Å². The fourth-order valence-corrected chi connectivity index (χ4v) is 2.53. The monoisotopic (exact) mass is 351 g/mol. The molecule has 2 atom stereocenters. The van der Waals surface area contributed by atoms with Crippen molar-refractivity contribution in [2.24, 2.45) is 0 Å². The lowest BCUT2D eigenvalue weighted by Crippen LogP contribution is -3.12. The van der Waals surface area contributed by atoms with Gasteiger partial charge < -0.3 is 15.0 Å². The van der Waals surface area contributed by atoms with E-state index in [-0.39, 0.29) is 17.0 Å². The fraction of sp³-hybridized carbons (Fsp3) is 0.278. The molecule has 2 rings (SSSR count). The molecule has 1 unspecified atom stereocenters. The van der Waals surface area contributed by atoms with Gasteiger partial charge in [-0.25, -0.2) is 4.39 Å². The lowest BCUT2D eigenvalue weighted by Gasteiger charge is -2.21. The number of hydrogen-bond donors (Lipinski definition) is 2. The van der Waals surface area contributed by atoms with Crippen molar-refractivity contribution in [2.45, 2.75) is 19.5 Å². The first-order chi connectivity index (χ1) is 11.4. The highest BCUT2D eigenvalue weighted by Crippen LogP contribution is 2.22. The molecular weight excluding hydrogens is 331 g/mol. The van der Waals surface area contributed by atoms with E-state index in [1.54, 1.807) is 7.11 Å². The molecule has 0 heterocycles. The molecule has 6 heteroatoms. The third-order valence-corrected chi connectivity index (χ3v) is 4.25. The van der Waals surface area contributed by atoms with Crippen molar-refractivity contribution in [3.05, 3.63) is 58.9 Å². The summed E-state index contributed by atoms with van der Waals surface area (Å²) in [4.78, 5) is 13.4. The third-order valence-electron chi connectivity index (χ3n) is 3.94. The zero-order chi connectivity index (χ0) is 17.7. The Morgan fingerprint density at radius 3 is 2.75 bits per heavy atom. The summed E-state index contributed by atoms with van der Waals surface area (Å²) in [6, 6.07) is 11.3. The maximum atomic E-state index is 13.1. The smallest absolute Gasteiger partial charge is 0.282 e. The van der Waals surface area contributed by atoms with Crippen LogP contribution in [0, 0.1) is 5.82 Å². The van der Waals surface area contributed by atoms with Gasteiger partial charge in [-0.2, -0.15) is 0 Å². The Morgan fingerprint density at radius 2 is 2.08 bits per heavy atom. The zero-order valence-corrected chi connectivity index (χ0v) is 14.7. The molecule has 0 aliphatic carbocycles. The minimum absolute atomic E-state index is 0.177. The summed E-state index contributed by atoms with van der Waals surface area (Å²) in [6.07, 6.45) is 0. The number of halogens is 2. The van der Waals surface area contributed by atoms with Gasteiger partial charge in [-0.15, -0.1) is 0 Å². The maximum absolute atomic E-state index is 13.1. The van der Waals surface area contributed by atoms with Gasteiger partial charge in [0.2, 0.25) is 0 Å². The number of carbonyl (C=O) groups is 1. The van der Waals surface area contributed by atoms with Crippen LogP contribution in [0.5, 0.6) is 5.75 Å². The molecule has 4 nitrogen and oxygen atoms in total. The predicted molar refractivity (Wildman–Crippen MR) is 93.1 cm³/mol. The quantitative estimate of drug-likeness (QED) is 0.840. The number of amides is 1. The Bertz CT molecular complexity index is 724. The van der Waals surface area contributed by atoms with Crippen LogP contribution in [-0.2, 0) is 11.3 Å². The van der Waals surface area contributed by atoms with Crippen LogP contribution in [0.2, 0.25) is 5.02 Å². The van der Waals surface area contributed by atoms with Crippen LogP contribution in [-0.4, -0.2) is 26.1 Å². The van der Waals surface area contributed by atoms with Gasteiger partial charge in [0.05, 0.1) is 24.9 Å². The topological polar surface area (TPSA) is 42.8 Å².